The molecule has 2 aromatic rings. The third-order valence-corrected chi connectivity index (χ3v) is 4.53. The second-order valence-corrected chi connectivity index (χ2v) is 6.00. The second kappa shape index (κ2) is 5.84. The Morgan fingerprint density at radius 1 is 0.955 bits per heavy atom. The summed E-state index contributed by atoms with van der Waals surface area (Å²) in [6, 6.07) is 17.6. The first-order valence-electron chi connectivity index (χ1n) is 8.11. The SMILES string of the molecule is c1ccc2c(c1)CCN(c1ccc(C3=NCCCN3)cc1)C2. The molecular formula is C19H21N3. The van der Waals surface area contributed by atoms with E-state index < -0.39 is 0 Å². The van der Waals surface area contributed by atoms with Crippen molar-refractivity contribution in [3.63, 3.8) is 0 Å². The van der Waals surface area contributed by atoms with Crippen LogP contribution in [0.1, 0.15) is 23.1 Å². The molecule has 0 spiro atoms. The molecule has 0 aliphatic carbocycles. The van der Waals surface area contributed by atoms with Gasteiger partial charge in [-0.1, -0.05) is 24.3 Å². The van der Waals surface area contributed by atoms with Gasteiger partial charge in [0.1, 0.15) is 5.84 Å². The summed E-state index contributed by atoms with van der Waals surface area (Å²) in [5, 5.41) is 3.38. The van der Waals surface area contributed by atoms with Crippen LogP contribution in [0.3, 0.4) is 0 Å². The molecule has 22 heavy (non-hydrogen) atoms. The van der Waals surface area contributed by atoms with Gasteiger partial charge in [0.25, 0.3) is 0 Å². The highest BCUT2D eigenvalue weighted by Crippen LogP contribution is 2.24. The minimum atomic E-state index is 0.937. The van der Waals surface area contributed by atoms with Crippen molar-refractivity contribution in [2.45, 2.75) is 19.4 Å². The third kappa shape index (κ3) is 2.59. The normalized spacial score (nSPS) is 17.5. The Bertz CT molecular complexity index is 688. The number of nitrogens with zero attached hydrogens (tertiary/aromatic N) is 2. The Labute approximate surface area is 131 Å². The van der Waals surface area contributed by atoms with Crippen LogP contribution in [0.4, 0.5) is 5.69 Å². The van der Waals surface area contributed by atoms with Crippen LogP contribution in [0, 0.1) is 0 Å². The molecule has 2 aliphatic heterocycles. The highest BCUT2D eigenvalue weighted by Gasteiger charge is 2.16. The van der Waals surface area contributed by atoms with Crippen molar-refractivity contribution >= 4 is 11.5 Å². The van der Waals surface area contributed by atoms with E-state index >= 15 is 0 Å². The summed E-state index contributed by atoms with van der Waals surface area (Å²) in [6.45, 7) is 4.07. The highest BCUT2D eigenvalue weighted by molar-refractivity contribution is 5.99. The lowest BCUT2D eigenvalue weighted by Crippen LogP contribution is -2.31. The molecule has 0 radical (unpaired) electrons. The van der Waals surface area contributed by atoms with E-state index in [-0.39, 0.29) is 0 Å². The first-order chi connectivity index (χ1) is 10.9. The zero-order chi connectivity index (χ0) is 14.8. The second-order valence-electron chi connectivity index (χ2n) is 6.00. The first kappa shape index (κ1) is 13.4. The molecule has 112 valence electrons. The van der Waals surface area contributed by atoms with Gasteiger partial charge in [-0.15, -0.1) is 0 Å². The van der Waals surface area contributed by atoms with Gasteiger partial charge in [0.15, 0.2) is 0 Å². The summed E-state index contributed by atoms with van der Waals surface area (Å²) in [5.41, 5.74) is 5.45. The fourth-order valence-electron chi connectivity index (χ4n) is 3.27. The molecule has 2 heterocycles. The van der Waals surface area contributed by atoms with E-state index in [0.717, 1.165) is 44.9 Å². The monoisotopic (exact) mass is 291 g/mol. The fourth-order valence-corrected chi connectivity index (χ4v) is 3.27. The van der Waals surface area contributed by atoms with Gasteiger partial charge in [-0.25, -0.2) is 0 Å². The molecule has 3 heteroatoms. The summed E-state index contributed by atoms with van der Waals surface area (Å²) in [4.78, 5) is 7.02. The molecule has 0 amide bonds. The maximum Gasteiger partial charge on any atom is 0.128 e. The van der Waals surface area contributed by atoms with Crippen LogP contribution >= 0.6 is 0 Å². The molecule has 1 N–H and O–H groups in total. The van der Waals surface area contributed by atoms with Gasteiger partial charge >= 0.3 is 0 Å². The van der Waals surface area contributed by atoms with Crippen molar-refractivity contribution in [1.29, 1.82) is 0 Å². The minimum Gasteiger partial charge on any atom is -0.370 e. The molecule has 0 fully saturated rings. The average molecular weight is 291 g/mol. The quantitative estimate of drug-likeness (QED) is 0.921. The molecule has 3 nitrogen and oxygen atoms in total. The van der Waals surface area contributed by atoms with Gasteiger partial charge in [-0.05, 0) is 48.2 Å². The van der Waals surface area contributed by atoms with Crippen molar-refractivity contribution in [1.82, 2.24) is 5.32 Å². The van der Waals surface area contributed by atoms with Crippen LogP contribution in [-0.2, 0) is 13.0 Å². The van der Waals surface area contributed by atoms with Gasteiger partial charge in [-0.3, -0.25) is 4.99 Å². The molecule has 0 unspecified atom stereocenters. The number of nitrogens with one attached hydrogen (secondary N) is 1. The van der Waals surface area contributed by atoms with Crippen LogP contribution < -0.4 is 10.2 Å². The van der Waals surface area contributed by atoms with Gasteiger partial charge in [-0.2, -0.15) is 0 Å². The van der Waals surface area contributed by atoms with E-state index in [1.165, 1.54) is 22.4 Å². The van der Waals surface area contributed by atoms with Crippen LogP contribution in [-0.4, -0.2) is 25.5 Å². The highest BCUT2D eigenvalue weighted by atomic mass is 15.1. The van der Waals surface area contributed by atoms with E-state index in [4.69, 9.17) is 0 Å². The number of benzene rings is 2. The Balaban J connectivity index is 1.53. The van der Waals surface area contributed by atoms with Crippen molar-refractivity contribution in [3.05, 3.63) is 65.2 Å². The van der Waals surface area contributed by atoms with E-state index in [0.29, 0.717) is 0 Å². The van der Waals surface area contributed by atoms with Crippen molar-refractivity contribution in [3.8, 4) is 0 Å². The molecule has 2 aliphatic rings. The average Bonchev–Trinajstić information content (AvgIpc) is 2.62. The molecule has 4 rings (SSSR count). The summed E-state index contributed by atoms with van der Waals surface area (Å²) >= 11 is 0. The Morgan fingerprint density at radius 3 is 2.55 bits per heavy atom. The summed E-state index contributed by atoms with van der Waals surface area (Å²) in [6.07, 6.45) is 2.26. The van der Waals surface area contributed by atoms with Crippen molar-refractivity contribution in [2.75, 3.05) is 24.5 Å². The lowest BCUT2D eigenvalue weighted by molar-refractivity contribution is 0.731. The van der Waals surface area contributed by atoms with Crippen LogP contribution in [0.25, 0.3) is 0 Å². The zero-order valence-corrected chi connectivity index (χ0v) is 12.8. The zero-order valence-electron chi connectivity index (χ0n) is 12.8. The molecular weight excluding hydrogens is 270 g/mol. The van der Waals surface area contributed by atoms with E-state index in [2.05, 4.69) is 63.7 Å². The summed E-state index contributed by atoms with van der Waals surface area (Å²) < 4.78 is 0. The Morgan fingerprint density at radius 2 is 1.77 bits per heavy atom. The van der Waals surface area contributed by atoms with Crippen LogP contribution in [0.5, 0.6) is 0 Å². The van der Waals surface area contributed by atoms with Crippen molar-refractivity contribution < 1.29 is 0 Å². The number of anilines is 1. The number of hydrogen-bond acceptors (Lipinski definition) is 3. The van der Waals surface area contributed by atoms with Crippen LogP contribution in [0.2, 0.25) is 0 Å². The Kier molecular flexibility index (Phi) is 3.55. The topological polar surface area (TPSA) is 27.6 Å². The molecule has 0 aromatic heterocycles. The molecule has 0 saturated carbocycles. The van der Waals surface area contributed by atoms with Crippen molar-refractivity contribution in [2.24, 2.45) is 4.99 Å². The van der Waals surface area contributed by atoms with E-state index in [1.807, 2.05) is 0 Å². The van der Waals surface area contributed by atoms with Crippen LogP contribution in [0.15, 0.2) is 53.5 Å². The van der Waals surface area contributed by atoms with E-state index in [1.54, 1.807) is 0 Å². The fraction of sp³-hybridized carbons (Fsp3) is 0.316. The summed E-state index contributed by atoms with van der Waals surface area (Å²) in [5.74, 6) is 1.04. The van der Waals surface area contributed by atoms with E-state index in [9.17, 15) is 0 Å². The van der Waals surface area contributed by atoms with Gasteiger partial charge < -0.3 is 10.2 Å². The van der Waals surface area contributed by atoms with Gasteiger partial charge in [0.05, 0.1) is 0 Å². The number of fused-ring (bicyclic) bond motifs is 1. The lowest BCUT2D eigenvalue weighted by atomic mass is 9.99. The summed E-state index contributed by atoms with van der Waals surface area (Å²) in [7, 11) is 0. The first-order valence-corrected chi connectivity index (χ1v) is 8.11. The minimum absolute atomic E-state index is 0.937. The predicted octanol–water partition coefficient (Wildman–Crippen LogP) is 2.99. The van der Waals surface area contributed by atoms with Gasteiger partial charge in [0, 0.05) is 37.4 Å². The molecule has 2 aromatic carbocycles. The predicted molar refractivity (Wildman–Crippen MR) is 91.7 cm³/mol. The third-order valence-electron chi connectivity index (χ3n) is 4.53. The molecule has 0 atom stereocenters. The molecule has 0 bridgehead atoms. The largest absolute Gasteiger partial charge is 0.370 e. The smallest absolute Gasteiger partial charge is 0.128 e. The number of rotatable bonds is 2. The standard InChI is InChI=1S/C19H21N3/c1-2-5-17-14-22(13-10-15(17)4-1)18-8-6-16(7-9-18)19-20-11-3-12-21-19/h1-2,4-9H,3,10-14H2,(H,20,21). The Hall–Kier alpha value is -2.29. The lowest BCUT2D eigenvalue weighted by Gasteiger charge is -2.31. The number of amidine groups is 1. The van der Waals surface area contributed by atoms with Gasteiger partial charge in [0.2, 0.25) is 0 Å². The maximum absolute atomic E-state index is 4.56. The maximum atomic E-state index is 4.56. The molecule has 0 saturated heterocycles. The number of aliphatic imine (C=N–C) groups is 1. The number of hydrogen-bond donors (Lipinski definition) is 1.